The molecule has 0 amide bonds. The van der Waals surface area contributed by atoms with Crippen LogP contribution in [0, 0.1) is 45.8 Å². The second-order valence-electron chi connectivity index (χ2n) is 13.3. The van der Waals surface area contributed by atoms with Crippen LogP contribution in [-0.2, 0) is 0 Å². The van der Waals surface area contributed by atoms with Gasteiger partial charge in [-0.1, -0.05) is 66.0 Å². The van der Waals surface area contributed by atoms with Crippen LogP contribution in [0.5, 0.6) is 0 Å². The fourth-order valence-corrected chi connectivity index (χ4v) is 8.77. The van der Waals surface area contributed by atoms with Gasteiger partial charge in [-0.25, -0.2) is 0 Å². The van der Waals surface area contributed by atoms with Gasteiger partial charge >= 0.3 is 0 Å². The molecule has 29 heavy (non-hydrogen) atoms. The van der Waals surface area contributed by atoms with E-state index in [2.05, 4.69) is 47.6 Å². The number of rotatable bonds is 4. The third-order valence-corrected chi connectivity index (χ3v) is 10.4. The second kappa shape index (κ2) is 7.68. The van der Waals surface area contributed by atoms with Crippen molar-refractivity contribution in [1.29, 1.82) is 0 Å². The molecule has 4 aliphatic carbocycles. The lowest BCUT2D eigenvalue weighted by Gasteiger charge is -2.58. The summed E-state index contributed by atoms with van der Waals surface area (Å²) in [7, 11) is 0. The molecule has 8 atom stereocenters. The van der Waals surface area contributed by atoms with E-state index in [-0.39, 0.29) is 6.10 Å². The first-order valence-corrected chi connectivity index (χ1v) is 12.9. The largest absolute Gasteiger partial charge is 0.393 e. The number of fused-ring (bicyclic) bond motifs is 5. The van der Waals surface area contributed by atoms with Crippen molar-refractivity contribution in [3.63, 3.8) is 0 Å². The zero-order valence-electron chi connectivity index (χ0n) is 20.3. The standard InChI is InChI=1S/C28H48O/c1-19(8-7-15-26(2,3)4)23-11-12-24-22-10-9-20-18-21(29)13-16-27(20,5)25(22)14-17-28(23,24)6/h9,19,21-25,29H,7-8,10-18H2,1-6H3/t19-,21+,22+,23-,24?,25?,27?,28?/m1/s1. The summed E-state index contributed by atoms with van der Waals surface area (Å²) in [6.07, 6.45) is 17.1. The average molecular weight is 401 g/mol. The van der Waals surface area contributed by atoms with Crippen molar-refractivity contribution in [2.45, 2.75) is 118 Å². The van der Waals surface area contributed by atoms with Crippen LogP contribution in [0.4, 0.5) is 0 Å². The first kappa shape index (κ1) is 21.9. The van der Waals surface area contributed by atoms with Gasteiger partial charge in [0.25, 0.3) is 0 Å². The van der Waals surface area contributed by atoms with Crippen molar-refractivity contribution in [3.05, 3.63) is 11.6 Å². The summed E-state index contributed by atoms with van der Waals surface area (Å²) in [5.74, 6) is 4.56. The van der Waals surface area contributed by atoms with Crippen molar-refractivity contribution in [3.8, 4) is 0 Å². The highest BCUT2D eigenvalue weighted by Gasteiger charge is 2.59. The molecular weight excluding hydrogens is 352 g/mol. The fourth-order valence-electron chi connectivity index (χ4n) is 8.77. The predicted octanol–water partition coefficient (Wildman–Crippen LogP) is 7.78. The molecule has 3 saturated carbocycles. The zero-order chi connectivity index (χ0) is 21.0. The Kier molecular flexibility index (Phi) is 5.81. The van der Waals surface area contributed by atoms with E-state index < -0.39 is 0 Å². The Morgan fingerprint density at radius 3 is 2.55 bits per heavy atom. The third kappa shape index (κ3) is 3.88. The van der Waals surface area contributed by atoms with Gasteiger partial charge in [0.1, 0.15) is 0 Å². The van der Waals surface area contributed by atoms with Crippen LogP contribution in [0.1, 0.15) is 112 Å². The van der Waals surface area contributed by atoms with Crippen LogP contribution in [0.3, 0.4) is 0 Å². The highest BCUT2D eigenvalue weighted by molar-refractivity contribution is 5.25. The molecule has 1 heteroatoms. The monoisotopic (exact) mass is 400 g/mol. The van der Waals surface area contributed by atoms with E-state index in [0.29, 0.717) is 16.2 Å². The molecule has 4 aliphatic rings. The van der Waals surface area contributed by atoms with Gasteiger partial charge in [-0.3, -0.25) is 0 Å². The van der Waals surface area contributed by atoms with Crippen LogP contribution in [-0.4, -0.2) is 11.2 Å². The molecule has 0 bridgehead atoms. The van der Waals surface area contributed by atoms with E-state index in [4.69, 9.17) is 0 Å². The summed E-state index contributed by atoms with van der Waals surface area (Å²) in [6.45, 7) is 15.0. The summed E-state index contributed by atoms with van der Waals surface area (Å²) in [4.78, 5) is 0. The Morgan fingerprint density at radius 1 is 1.07 bits per heavy atom. The van der Waals surface area contributed by atoms with Crippen molar-refractivity contribution >= 4 is 0 Å². The Balaban J connectivity index is 1.47. The maximum atomic E-state index is 10.2. The van der Waals surface area contributed by atoms with Crippen molar-refractivity contribution in [2.75, 3.05) is 0 Å². The summed E-state index contributed by atoms with van der Waals surface area (Å²) in [6, 6.07) is 0. The van der Waals surface area contributed by atoms with E-state index in [0.717, 1.165) is 42.4 Å². The van der Waals surface area contributed by atoms with Gasteiger partial charge in [-0.15, -0.1) is 0 Å². The molecule has 0 radical (unpaired) electrons. The van der Waals surface area contributed by atoms with E-state index in [9.17, 15) is 5.11 Å². The highest BCUT2D eigenvalue weighted by atomic mass is 16.3. The summed E-state index contributed by atoms with van der Waals surface area (Å²) < 4.78 is 0. The summed E-state index contributed by atoms with van der Waals surface area (Å²) in [5, 5.41) is 10.2. The lowest BCUT2D eigenvalue weighted by Crippen LogP contribution is -2.50. The zero-order valence-corrected chi connectivity index (χ0v) is 20.3. The molecule has 4 rings (SSSR count). The Bertz CT molecular complexity index is 627. The lowest BCUT2D eigenvalue weighted by molar-refractivity contribution is -0.0573. The molecule has 0 saturated heterocycles. The van der Waals surface area contributed by atoms with E-state index in [1.807, 2.05) is 0 Å². The van der Waals surface area contributed by atoms with E-state index in [1.54, 1.807) is 5.57 Å². The number of hydrogen-bond donors (Lipinski definition) is 1. The Hall–Kier alpha value is -0.300. The smallest absolute Gasteiger partial charge is 0.0577 e. The Labute approximate surface area is 181 Å². The number of aliphatic hydroxyl groups is 1. The van der Waals surface area contributed by atoms with Gasteiger partial charge in [0.2, 0.25) is 0 Å². The third-order valence-electron chi connectivity index (χ3n) is 10.4. The van der Waals surface area contributed by atoms with Gasteiger partial charge in [-0.2, -0.15) is 0 Å². The summed E-state index contributed by atoms with van der Waals surface area (Å²) >= 11 is 0. The lowest BCUT2D eigenvalue weighted by atomic mass is 9.47. The van der Waals surface area contributed by atoms with Crippen molar-refractivity contribution < 1.29 is 5.11 Å². The van der Waals surface area contributed by atoms with Gasteiger partial charge in [-0.05, 0) is 104 Å². The van der Waals surface area contributed by atoms with Crippen LogP contribution >= 0.6 is 0 Å². The number of hydrogen-bond acceptors (Lipinski definition) is 1. The molecule has 0 heterocycles. The van der Waals surface area contributed by atoms with E-state index >= 15 is 0 Å². The molecule has 0 aromatic heterocycles. The van der Waals surface area contributed by atoms with Crippen LogP contribution in [0.25, 0.3) is 0 Å². The molecule has 0 aromatic rings. The minimum atomic E-state index is -0.0791. The first-order valence-electron chi connectivity index (χ1n) is 12.9. The maximum Gasteiger partial charge on any atom is 0.0577 e. The molecular formula is C28H48O. The van der Waals surface area contributed by atoms with Crippen LogP contribution in [0.2, 0.25) is 0 Å². The van der Waals surface area contributed by atoms with Crippen LogP contribution in [0.15, 0.2) is 11.6 Å². The molecule has 0 spiro atoms. The first-order chi connectivity index (χ1) is 13.5. The molecule has 3 fully saturated rings. The number of allylic oxidation sites excluding steroid dienone is 1. The highest BCUT2D eigenvalue weighted by Crippen LogP contribution is 2.67. The van der Waals surface area contributed by atoms with Gasteiger partial charge in [0.15, 0.2) is 0 Å². The van der Waals surface area contributed by atoms with Gasteiger partial charge < -0.3 is 5.11 Å². The molecule has 4 unspecified atom stereocenters. The molecule has 166 valence electrons. The van der Waals surface area contributed by atoms with Crippen molar-refractivity contribution in [2.24, 2.45) is 45.8 Å². The van der Waals surface area contributed by atoms with Crippen LogP contribution < -0.4 is 0 Å². The minimum Gasteiger partial charge on any atom is -0.393 e. The molecule has 0 aliphatic heterocycles. The topological polar surface area (TPSA) is 20.2 Å². The predicted molar refractivity (Wildman–Crippen MR) is 124 cm³/mol. The normalized spacial score (nSPS) is 45.8. The minimum absolute atomic E-state index is 0.0791. The number of aliphatic hydroxyl groups excluding tert-OH is 1. The Morgan fingerprint density at radius 2 is 1.83 bits per heavy atom. The SMILES string of the molecule is C[C@H](CCCC(C)(C)C)[C@H]1CCC2[C@@H]3CC=C4C[C@@H](O)CCC4(C)C3CCC21C. The van der Waals surface area contributed by atoms with Gasteiger partial charge in [0, 0.05) is 0 Å². The summed E-state index contributed by atoms with van der Waals surface area (Å²) in [5.41, 5.74) is 3.07. The van der Waals surface area contributed by atoms with Crippen molar-refractivity contribution in [1.82, 2.24) is 0 Å². The molecule has 1 nitrogen and oxygen atoms in total. The second-order valence-corrected chi connectivity index (χ2v) is 13.3. The molecule has 1 N–H and O–H groups in total. The quantitative estimate of drug-likeness (QED) is 0.478. The molecule has 0 aromatic carbocycles. The van der Waals surface area contributed by atoms with Gasteiger partial charge in [0.05, 0.1) is 6.10 Å². The van der Waals surface area contributed by atoms with E-state index in [1.165, 1.54) is 57.8 Å². The average Bonchev–Trinajstić information content (AvgIpc) is 2.98. The maximum absolute atomic E-state index is 10.2. The fraction of sp³-hybridized carbons (Fsp3) is 0.929.